The molecule has 0 heterocycles. The van der Waals surface area contributed by atoms with Crippen LogP contribution in [0.15, 0.2) is 0 Å². The highest BCUT2D eigenvalue weighted by molar-refractivity contribution is 5.82. The summed E-state index contributed by atoms with van der Waals surface area (Å²) in [4.78, 5) is 14.0. The van der Waals surface area contributed by atoms with Crippen LogP contribution in [-0.2, 0) is 4.79 Å². The zero-order valence-electron chi connectivity index (χ0n) is 10.8. The fraction of sp³-hybridized carbons (Fsp3) is 0.923. The van der Waals surface area contributed by atoms with Crippen LogP contribution in [0.5, 0.6) is 0 Å². The molecule has 0 aliphatic heterocycles. The highest BCUT2D eigenvalue weighted by atomic mass is 16.3. The second-order valence-corrected chi connectivity index (χ2v) is 5.50. The summed E-state index contributed by atoms with van der Waals surface area (Å²) in [5.41, 5.74) is 0.190. The average molecular weight is 227 g/mol. The van der Waals surface area contributed by atoms with E-state index in [1.807, 2.05) is 4.90 Å². The third-order valence-electron chi connectivity index (χ3n) is 3.52. The Kier molecular flexibility index (Phi) is 4.78. The molecule has 0 saturated heterocycles. The van der Waals surface area contributed by atoms with Crippen LogP contribution < -0.4 is 0 Å². The third-order valence-corrected chi connectivity index (χ3v) is 3.52. The molecule has 94 valence electrons. The Hall–Kier alpha value is -0.570. The van der Waals surface area contributed by atoms with E-state index in [0.717, 1.165) is 32.2 Å². The highest BCUT2D eigenvalue weighted by Gasteiger charge is 2.51. The van der Waals surface area contributed by atoms with Gasteiger partial charge in [-0.3, -0.25) is 4.79 Å². The van der Waals surface area contributed by atoms with Gasteiger partial charge in [-0.2, -0.15) is 0 Å². The minimum atomic E-state index is 0.0744. The van der Waals surface area contributed by atoms with Gasteiger partial charge in [0.1, 0.15) is 0 Å². The summed E-state index contributed by atoms with van der Waals surface area (Å²) in [7, 11) is 0. The number of rotatable bonds is 7. The van der Waals surface area contributed by atoms with Crippen molar-refractivity contribution in [1.29, 1.82) is 0 Å². The summed E-state index contributed by atoms with van der Waals surface area (Å²) in [6, 6.07) is 0. The monoisotopic (exact) mass is 227 g/mol. The van der Waals surface area contributed by atoms with Crippen LogP contribution in [0, 0.1) is 11.3 Å². The van der Waals surface area contributed by atoms with E-state index in [9.17, 15) is 4.79 Å². The van der Waals surface area contributed by atoms with Crippen molar-refractivity contribution in [2.75, 3.05) is 19.7 Å². The summed E-state index contributed by atoms with van der Waals surface area (Å²) in [6.45, 7) is 7.81. The van der Waals surface area contributed by atoms with Crippen LogP contribution in [0.3, 0.4) is 0 Å². The van der Waals surface area contributed by atoms with Crippen LogP contribution >= 0.6 is 0 Å². The van der Waals surface area contributed by atoms with E-state index in [-0.39, 0.29) is 23.8 Å². The molecule has 16 heavy (non-hydrogen) atoms. The van der Waals surface area contributed by atoms with Crippen molar-refractivity contribution < 1.29 is 9.90 Å². The second kappa shape index (κ2) is 5.67. The SMILES string of the molecule is CCCCCN(CCO)C(=O)C1CC1(C)C. The molecule has 0 aromatic carbocycles. The first-order chi connectivity index (χ1) is 7.53. The van der Waals surface area contributed by atoms with Crippen LogP contribution in [0.1, 0.15) is 46.5 Å². The first-order valence-electron chi connectivity index (χ1n) is 6.42. The maximum absolute atomic E-state index is 12.1. The number of aliphatic hydroxyl groups excluding tert-OH is 1. The molecule has 0 radical (unpaired) electrons. The zero-order valence-corrected chi connectivity index (χ0v) is 10.8. The van der Waals surface area contributed by atoms with Crippen molar-refractivity contribution >= 4 is 5.91 Å². The number of aliphatic hydroxyl groups is 1. The smallest absolute Gasteiger partial charge is 0.226 e. The molecule has 3 heteroatoms. The van der Waals surface area contributed by atoms with Gasteiger partial charge in [-0.25, -0.2) is 0 Å². The Balaban J connectivity index is 2.40. The van der Waals surface area contributed by atoms with E-state index in [4.69, 9.17) is 5.11 Å². The lowest BCUT2D eigenvalue weighted by atomic mass is 10.1. The van der Waals surface area contributed by atoms with Crippen LogP contribution in [0.25, 0.3) is 0 Å². The van der Waals surface area contributed by atoms with Gasteiger partial charge in [0.05, 0.1) is 6.61 Å². The topological polar surface area (TPSA) is 40.5 Å². The largest absolute Gasteiger partial charge is 0.395 e. The molecule has 1 amide bonds. The molecular formula is C13H25NO2. The number of carbonyl (C=O) groups excluding carboxylic acids is 1. The zero-order chi connectivity index (χ0) is 12.2. The van der Waals surface area contributed by atoms with Gasteiger partial charge in [0.2, 0.25) is 5.91 Å². The molecule has 3 nitrogen and oxygen atoms in total. The Labute approximate surface area is 98.8 Å². The van der Waals surface area contributed by atoms with Gasteiger partial charge in [0.25, 0.3) is 0 Å². The number of unbranched alkanes of at least 4 members (excludes halogenated alkanes) is 2. The van der Waals surface area contributed by atoms with Crippen molar-refractivity contribution in [3.05, 3.63) is 0 Å². The maximum atomic E-state index is 12.1. The summed E-state index contributed by atoms with van der Waals surface area (Å²) < 4.78 is 0. The molecule has 1 atom stereocenters. The molecule has 1 aliphatic carbocycles. The van der Waals surface area contributed by atoms with E-state index in [2.05, 4.69) is 20.8 Å². The molecule has 1 N–H and O–H groups in total. The third kappa shape index (κ3) is 3.48. The van der Waals surface area contributed by atoms with E-state index in [1.165, 1.54) is 0 Å². The van der Waals surface area contributed by atoms with Crippen molar-refractivity contribution in [3.63, 3.8) is 0 Å². The first kappa shape index (κ1) is 13.5. The van der Waals surface area contributed by atoms with Gasteiger partial charge in [0, 0.05) is 19.0 Å². The Morgan fingerprint density at radius 1 is 1.38 bits per heavy atom. The van der Waals surface area contributed by atoms with Crippen LogP contribution in [0.2, 0.25) is 0 Å². The molecule has 0 spiro atoms. The highest BCUT2D eigenvalue weighted by Crippen LogP contribution is 2.52. The summed E-state index contributed by atoms with van der Waals surface area (Å²) >= 11 is 0. The number of hydrogen-bond donors (Lipinski definition) is 1. The standard InChI is InChI=1S/C13H25NO2/c1-4-5-6-7-14(8-9-15)12(16)11-10-13(11,2)3/h11,15H,4-10H2,1-3H3. The normalized spacial score (nSPS) is 21.9. The second-order valence-electron chi connectivity index (χ2n) is 5.50. The number of nitrogens with zero attached hydrogens (tertiary/aromatic N) is 1. The molecule has 1 fully saturated rings. The van der Waals surface area contributed by atoms with Crippen molar-refractivity contribution in [2.24, 2.45) is 11.3 Å². The fourth-order valence-electron chi connectivity index (χ4n) is 2.11. The molecule has 1 aliphatic rings. The molecule has 0 bridgehead atoms. The predicted molar refractivity (Wildman–Crippen MR) is 65.1 cm³/mol. The quantitative estimate of drug-likeness (QED) is 0.676. The molecule has 1 rings (SSSR count). The predicted octanol–water partition coefficient (Wildman–Crippen LogP) is 2.04. The lowest BCUT2D eigenvalue weighted by Crippen LogP contribution is -2.36. The Morgan fingerprint density at radius 3 is 2.44 bits per heavy atom. The van der Waals surface area contributed by atoms with E-state index >= 15 is 0 Å². The van der Waals surface area contributed by atoms with Gasteiger partial charge in [-0.1, -0.05) is 33.6 Å². The Morgan fingerprint density at radius 2 is 2.00 bits per heavy atom. The number of carbonyl (C=O) groups is 1. The molecule has 0 aromatic heterocycles. The van der Waals surface area contributed by atoms with Crippen molar-refractivity contribution in [1.82, 2.24) is 4.90 Å². The number of hydrogen-bond acceptors (Lipinski definition) is 2. The number of amides is 1. The minimum absolute atomic E-state index is 0.0744. The van der Waals surface area contributed by atoms with Crippen LogP contribution in [0.4, 0.5) is 0 Å². The first-order valence-corrected chi connectivity index (χ1v) is 6.42. The van der Waals surface area contributed by atoms with Gasteiger partial charge in [-0.15, -0.1) is 0 Å². The molecule has 0 aromatic rings. The van der Waals surface area contributed by atoms with Crippen LogP contribution in [-0.4, -0.2) is 35.6 Å². The Bertz CT molecular complexity index is 238. The molecule has 1 unspecified atom stereocenters. The van der Waals surface area contributed by atoms with E-state index < -0.39 is 0 Å². The van der Waals surface area contributed by atoms with Gasteiger partial charge < -0.3 is 10.0 Å². The van der Waals surface area contributed by atoms with Gasteiger partial charge in [0.15, 0.2) is 0 Å². The summed E-state index contributed by atoms with van der Waals surface area (Å²) in [6.07, 6.45) is 4.37. The maximum Gasteiger partial charge on any atom is 0.226 e. The lowest BCUT2D eigenvalue weighted by Gasteiger charge is -2.22. The average Bonchev–Trinajstić information content (AvgIpc) is 2.86. The van der Waals surface area contributed by atoms with E-state index in [0.29, 0.717) is 6.54 Å². The van der Waals surface area contributed by atoms with Crippen molar-refractivity contribution in [3.8, 4) is 0 Å². The molecular weight excluding hydrogens is 202 g/mol. The fourth-order valence-corrected chi connectivity index (χ4v) is 2.11. The van der Waals surface area contributed by atoms with E-state index in [1.54, 1.807) is 0 Å². The summed E-state index contributed by atoms with van der Waals surface area (Å²) in [5, 5.41) is 8.98. The summed E-state index contributed by atoms with van der Waals surface area (Å²) in [5.74, 6) is 0.441. The van der Waals surface area contributed by atoms with Crippen molar-refractivity contribution in [2.45, 2.75) is 46.5 Å². The lowest BCUT2D eigenvalue weighted by molar-refractivity contribution is -0.133. The van der Waals surface area contributed by atoms with Gasteiger partial charge >= 0.3 is 0 Å². The minimum Gasteiger partial charge on any atom is -0.395 e. The van der Waals surface area contributed by atoms with Gasteiger partial charge in [-0.05, 0) is 18.3 Å². The molecule has 1 saturated carbocycles.